The summed E-state index contributed by atoms with van der Waals surface area (Å²) in [7, 11) is 0. The Balaban J connectivity index is 2.08. The minimum absolute atomic E-state index is 0.190. The fourth-order valence-electron chi connectivity index (χ4n) is 1.91. The highest BCUT2D eigenvalue weighted by Gasteiger charge is 2.41. The second-order valence-electron chi connectivity index (χ2n) is 4.80. The van der Waals surface area contributed by atoms with Crippen LogP contribution in [-0.4, -0.2) is 23.8 Å². The molecular formula is C14H17FN2O2. The third-order valence-corrected chi connectivity index (χ3v) is 3.04. The lowest BCUT2D eigenvalue weighted by Gasteiger charge is -2.20. The number of halogens is 1. The zero-order valence-corrected chi connectivity index (χ0v) is 11.1. The number of carbonyl (C=O) groups is 1. The van der Waals surface area contributed by atoms with Crippen molar-refractivity contribution in [1.29, 1.82) is 0 Å². The molecule has 1 heterocycles. The Kier molecular flexibility index (Phi) is 3.83. The molecule has 5 heteroatoms. The smallest absolute Gasteiger partial charge is 0.267 e. The van der Waals surface area contributed by atoms with Crippen LogP contribution in [-0.2, 0) is 9.63 Å². The lowest BCUT2D eigenvalue weighted by atomic mass is 9.95. The molecule has 102 valence electrons. The van der Waals surface area contributed by atoms with Gasteiger partial charge in [-0.25, -0.2) is 4.39 Å². The van der Waals surface area contributed by atoms with Crippen molar-refractivity contribution < 1.29 is 14.0 Å². The van der Waals surface area contributed by atoms with Crippen molar-refractivity contribution in [3.05, 3.63) is 35.6 Å². The average Bonchev–Trinajstić information content (AvgIpc) is 2.80. The minimum atomic E-state index is -1.00. The molecule has 1 atom stereocenters. The van der Waals surface area contributed by atoms with Gasteiger partial charge < -0.3 is 10.2 Å². The maximum Gasteiger partial charge on any atom is 0.267 e. The van der Waals surface area contributed by atoms with Crippen LogP contribution >= 0.6 is 0 Å². The molecule has 1 N–H and O–H groups in total. The van der Waals surface area contributed by atoms with Gasteiger partial charge in [-0.15, -0.1) is 0 Å². The average molecular weight is 264 g/mol. The SMILES string of the molecule is CCCNC(=O)C1(C)CC(c2cccc(F)c2)=NO1. The Bertz CT molecular complexity index is 516. The number of hydrogen-bond donors (Lipinski definition) is 1. The van der Waals surface area contributed by atoms with Crippen molar-refractivity contribution in [3.63, 3.8) is 0 Å². The van der Waals surface area contributed by atoms with Gasteiger partial charge in [0.1, 0.15) is 5.82 Å². The van der Waals surface area contributed by atoms with Crippen LogP contribution in [0.25, 0.3) is 0 Å². The summed E-state index contributed by atoms with van der Waals surface area (Å²) in [6.07, 6.45) is 1.20. The van der Waals surface area contributed by atoms with Gasteiger partial charge in [0, 0.05) is 18.5 Å². The van der Waals surface area contributed by atoms with Crippen LogP contribution in [0.15, 0.2) is 29.4 Å². The molecule has 0 bridgehead atoms. The second kappa shape index (κ2) is 5.38. The number of hydrogen-bond acceptors (Lipinski definition) is 3. The van der Waals surface area contributed by atoms with Gasteiger partial charge in [0.25, 0.3) is 5.91 Å². The van der Waals surface area contributed by atoms with Crippen LogP contribution in [0.4, 0.5) is 4.39 Å². The molecule has 1 unspecified atom stereocenters. The van der Waals surface area contributed by atoms with Gasteiger partial charge in [-0.05, 0) is 25.5 Å². The van der Waals surface area contributed by atoms with Crippen molar-refractivity contribution in [2.45, 2.75) is 32.3 Å². The van der Waals surface area contributed by atoms with Gasteiger partial charge in [-0.3, -0.25) is 4.79 Å². The van der Waals surface area contributed by atoms with Crippen molar-refractivity contribution in [1.82, 2.24) is 5.32 Å². The molecule has 1 aliphatic rings. The maximum absolute atomic E-state index is 13.2. The second-order valence-corrected chi connectivity index (χ2v) is 4.80. The van der Waals surface area contributed by atoms with Gasteiger partial charge in [-0.1, -0.05) is 24.2 Å². The van der Waals surface area contributed by atoms with E-state index in [-0.39, 0.29) is 11.7 Å². The Morgan fingerprint density at radius 2 is 2.37 bits per heavy atom. The van der Waals surface area contributed by atoms with Crippen LogP contribution in [0.5, 0.6) is 0 Å². The van der Waals surface area contributed by atoms with Gasteiger partial charge >= 0.3 is 0 Å². The van der Waals surface area contributed by atoms with Crippen LogP contribution in [0, 0.1) is 5.82 Å². The first-order chi connectivity index (χ1) is 9.05. The first-order valence-corrected chi connectivity index (χ1v) is 6.34. The first-order valence-electron chi connectivity index (χ1n) is 6.34. The van der Waals surface area contributed by atoms with E-state index in [9.17, 15) is 9.18 Å². The summed E-state index contributed by atoms with van der Waals surface area (Å²) < 4.78 is 13.2. The molecule has 1 amide bonds. The quantitative estimate of drug-likeness (QED) is 0.906. The van der Waals surface area contributed by atoms with Crippen molar-refractivity contribution in [2.24, 2.45) is 5.16 Å². The molecule has 2 rings (SSSR count). The summed E-state index contributed by atoms with van der Waals surface area (Å²) in [5, 5.41) is 6.71. The van der Waals surface area contributed by atoms with E-state index in [0.717, 1.165) is 6.42 Å². The summed E-state index contributed by atoms with van der Waals surface area (Å²) >= 11 is 0. The molecular weight excluding hydrogens is 247 g/mol. The molecule has 0 spiro atoms. The summed E-state index contributed by atoms with van der Waals surface area (Å²) in [5.74, 6) is -0.520. The Labute approximate surface area is 111 Å². The predicted molar refractivity (Wildman–Crippen MR) is 70.3 cm³/mol. The number of nitrogens with zero attached hydrogens (tertiary/aromatic N) is 1. The zero-order valence-electron chi connectivity index (χ0n) is 11.1. The van der Waals surface area contributed by atoms with E-state index in [1.54, 1.807) is 19.1 Å². The van der Waals surface area contributed by atoms with E-state index < -0.39 is 5.60 Å². The van der Waals surface area contributed by atoms with E-state index in [2.05, 4.69) is 10.5 Å². The Morgan fingerprint density at radius 3 is 3.05 bits per heavy atom. The number of amides is 1. The third-order valence-electron chi connectivity index (χ3n) is 3.04. The van der Waals surface area contributed by atoms with Gasteiger partial charge in [0.05, 0.1) is 5.71 Å². The van der Waals surface area contributed by atoms with Gasteiger partial charge in [0.15, 0.2) is 0 Å². The lowest BCUT2D eigenvalue weighted by Crippen LogP contribution is -2.45. The van der Waals surface area contributed by atoms with E-state index in [0.29, 0.717) is 24.2 Å². The fourth-order valence-corrected chi connectivity index (χ4v) is 1.91. The topological polar surface area (TPSA) is 50.7 Å². The lowest BCUT2D eigenvalue weighted by molar-refractivity contribution is -0.141. The molecule has 1 aromatic rings. The molecule has 0 saturated carbocycles. The summed E-state index contributed by atoms with van der Waals surface area (Å²) in [6.45, 7) is 4.27. The molecule has 0 fully saturated rings. The molecule has 1 aliphatic heterocycles. The van der Waals surface area contributed by atoms with E-state index >= 15 is 0 Å². The highest BCUT2D eigenvalue weighted by atomic mass is 19.1. The Morgan fingerprint density at radius 1 is 1.58 bits per heavy atom. The van der Waals surface area contributed by atoms with Gasteiger partial charge in [0.2, 0.25) is 5.60 Å². The number of benzene rings is 1. The van der Waals surface area contributed by atoms with Crippen molar-refractivity contribution in [3.8, 4) is 0 Å². The number of carbonyl (C=O) groups excluding carboxylic acids is 1. The van der Waals surface area contributed by atoms with Crippen LogP contribution in [0.1, 0.15) is 32.3 Å². The fraction of sp³-hybridized carbons (Fsp3) is 0.429. The first kappa shape index (κ1) is 13.5. The van der Waals surface area contributed by atoms with E-state index in [1.807, 2.05) is 6.92 Å². The molecule has 1 aromatic carbocycles. The zero-order chi connectivity index (χ0) is 13.9. The number of oxime groups is 1. The van der Waals surface area contributed by atoms with Gasteiger partial charge in [-0.2, -0.15) is 0 Å². The van der Waals surface area contributed by atoms with Crippen LogP contribution in [0.3, 0.4) is 0 Å². The van der Waals surface area contributed by atoms with Crippen LogP contribution in [0.2, 0.25) is 0 Å². The Hall–Kier alpha value is -1.91. The van der Waals surface area contributed by atoms with E-state index in [4.69, 9.17) is 4.84 Å². The highest BCUT2D eigenvalue weighted by molar-refractivity contribution is 6.05. The largest absolute Gasteiger partial charge is 0.379 e. The van der Waals surface area contributed by atoms with Crippen molar-refractivity contribution >= 4 is 11.6 Å². The molecule has 0 aliphatic carbocycles. The molecule has 0 aromatic heterocycles. The van der Waals surface area contributed by atoms with E-state index in [1.165, 1.54) is 12.1 Å². The number of nitrogens with one attached hydrogen (secondary N) is 1. The molecule has 19 heavy (non-hydrogen) atoms. The maximum atomic E-state index is 13.2. The normalized spacial score (nSPS) is 21.7. The summed E-state index contributed by atoms with van der Waals surface area (Å²) in [5.41, 5.74) is 0.234. The standard InChI is InChI=1S/C14H17FN2O2/c1-3-7-16-13(18)14(2)9-12(17-19-14)10-5-4-6-11(15)8-10/h4-6,8H,3,7,9H2,1-2H3,(H,16,18). The highest BCUT2D eigenvalue weighted by Crippen LogP contribution is 2.27. The minimum Gasteiger partial charge on any atom is -0.379 e. The molecule has 4 nitrogen and oxygen atoms in total. The third kappa shape index (κ3) is 2.92. The monoisotopic (exact) mass is 264 g/mol. The van der Waals surface area contributed by atoms with Crippen LogP contribution < -0.4 is 5.32 Å². The number of rotatable bonds is 4. The summed E-state index contributed by atoms with van der Waals surface area (Å²) in [4.78, 5) is 17.2. The molecule has 0 radical (unpaired) electrons. The summed E-state index contributed by atoms with van der Waals surface area (Å²) in [6, 6.07) is 6.12. The van der Waals surface area contributed by atoms with Crippen molar-refractivity contribution in [2.75, 3.05) is 6.54 Å². The molecule has 0 saturated heterocycles. The predicted octanol–water partition coefficient (Wildman–Crippen LogP) is 2.24.